The summed E-state index contributed by atoms with van der Waals surface area (Å²) in [4.78, 5) is 2.36. The summed E-state index contributed by atoms with van der Waals surface area (Å²) in [5.41, 5.74) is 11.3. The molecule has 0 aliphatic heterocycles. The summed E-state index contributed by atoms with van der Waals surface area (Å²) in [6, 6.07) is 57.1. The molecule has 0 N–H and O–H groups in total. The molecule has 0 bridgehead atoms. The SMILES string of the molecule is CC1(c2cccc3c2oc2ccc(N(c4ccccc4)c4ccc5c(c4)sc4ccccc45)cc23)c2ccccc2-c2ccccc21. The molecule has 1 aliphatic rings. The van der Waals surface area contributed by atoms with Crippen LogP contribution in [0.1, 0.15) is 23.6 Å². The van der Waals surface area contributed by atoms with Gasteiger partial charge < -0.3 is 9.32 Å². The maximum absolute atomic E-state index is 6.81. The van der Waals surface area contributed by atoms with Gasteiger partial charge in [-0.1, -0.05) is 109 Å². The van der Waals surface area contributed by atoms with Crippen LogP contribution in [0.25, 0.3) is 53.2 Å². The molecule has 2 aromatic heterocycles. The summed E-state index contributed by atoms with van der Waals surface area (Å²) in [7, 11) is 0. The summed E-state index contributed by atoms with van der Waals surface area (Å²) in [6.45, 7) is 2.35. The van der Waals surface area contributed by atoms with Crippen LogP contribution in [0, 0.1) is 0 Å². The van der Waals surface area contributed by atoms with Crippen molar-refractivity contribution in [3.63, 3.8) is 0 Å². The molecule has 0 unspecified atom stereocenters. The van der Waals surface area contributed by atoms with Crippen LogP contribution in [-0.2, 0) is 5.41 Å². The van der Waals surface area contributed by atoms with Gasteiger partial charge in [0.1, 0.15) is 11.2 Å². The van der Waals surface area contributed by atoms with Gasteiger partial charge in [-0.2, -0.15) is 0 Å². The Hall–Kier alpha value is -5.64. The number of hydrogen-bond acceptors (Lipinski definition) is 3. The third-order valence-electron chi connectivity index (χ3n) is 10.1. The molecule has 1 aliphatic carbocycles. The maximum Gasteiger partial charge on any atom is 0.139 e. The third-order valence-corrected chi connectivity index (χ3v) is 11.3. The van der Waals surface area contributed by atoms with Crippen LogP contribution < -0.4 is 4.90 Å². The van der Waals surface area contributed by atoms with E-state index in [1.165, 1.54) is 48.0 Å². The molecule has 0 spiro atoms. The molecule has 0 atom stereocenters. The van der Waals surface area contributed by atoms with E-state index < -0.39 is 0 Å². The van der Waals surface area contributed by atoms with Crippen molar-refractivity contribution in [1.29, 1.82) is 0 Å². The number of para-hydroxylation sites is 2. The van der Waals surface area contributed by atoms with Gasteiger partial charge in [-0.15, -0.1) is 11.3 Å². The maximum atomic E-state index is 6.81. The van der Waals surface area contributed by atoms with Crippen molar-refractivity contribution in [1.82, 2.24) is 0 Å². The van der Waals surface area contributed by atoms with Crippen molar-refractivity contribution < 1.29 is 4.42 Å². The molecule has 47 heavy (non-hydrogen) atoms. The van der Waals surface area contributed by atoms with Gasteiger partial charge in [0.25, 0.3) is 0 Å². The summed E-state index contributed by atoms with van der Waals surface area (Å²) < 4.78 is 9.41. The highest BCUT2D eigenvalue weighted by molar-refractivity contribution is 7.25. The smallest absolute Gasteiger partial charge is 0.139 e. The number of thiophene rings is 1. The predicted molar refractivity (Wildman–Crippen MR) is 199 cm³/mol. The Bertz CT molecular complexity index is 2620. The quantitative estimate of drug-likeness (QED) is 0.195. The number of benzene rings is 7. The fraction of sp³-hybridized carbons (Fsp3) is 0.0455. The molecule has 0 fully saturated rings. The van der Waals surface area contributed by atoms with Gasteiger partial charge in [-0.05, 0) is 77.7 Å². The van der Waals surface area contributed by atoms with E-state index in [9.17, 15) is 0 Å². The fourth-order valence-electron chi connectivity index (χ4n) is 7.94. The fourth-order valence-corrected chi connectivity index (χ4v) is 9.08. The van der Waals surface area contributed by atoms with E-state index in [4.69, 9.17) is 4.42 Å². The lowest BCUT2D eigenvalue weighted by Crippen LogP contribution is -2.22. The van der Waals surface area contributed by atoms with E-state index in [2.05, 4.69) is 170 Å². The summed E-state index contributed by atoms with van der Waals surface area (Å²) >= 11 is 1.85. The van der Waals surface area contributed by atoms with Gasteiger partial charge >= 0.3 is 0 Å². The van der Waals surface area contributed by atoms with Crippen molar-refractivity contribution in [2.45, 2.75) is 12.3 Å². The zero-order valence-electron chi connectivity index (χ0n) is 25.8. The predicted octanol–water partition coefficient (Wildman–Crippen LogP) is 12.8. The molecular weight excluding hydrogens is 591 g/mol. The first-order valence-corrected chi connectivity index (χ1v) is 16.9. The molecular formula is C44H29NOS. The molecule has 222 valence electrons. The zero-order chi connectivity index (χ0) is 31.1. The Morgan fingerprint density at radius 2 is 1.09 bits per heavy atom. The lowest BCUT2D eigenvalue weighted by molar-refractivity contribution is 0.638. The first kappa shape index (κ1) is 26.6. The molecule has 0 saturated heterocycles. The zero-order valence-corrected chi connectivity index (χ0v) is 26.6. The van der Waals surface area contributed by atoms with Crippen molar-refractivity contribution in [3.05, 3.63) is 174 Å². The molecule has 0 amide bonds. The molecule has 0 radical (unpaired) electrons. The number of hydrogen-bond donors (Lipinski definition) is 0. The minimum Gasteiger partial charge on any atom is -0.456 e. The van der Waals surface area contributed by atoms with Gasteiger partial charge in [0.15, 0.2) is 0 Å². The minimum atomic E-state index is -0.334. The van der Waals surface area contributed by atoms with Crippen molar-refractivity contribution in [2.24, 2.45) is 0 Å². The van der Waals surface area contributed by atoms with E-state index in [1.54, 1.807) is 0 Å². The van der Waals surface area contributed by atoms with Crippen LogP contribution in [0.4, 0.5) is 17.1 Å². The Morgan fingerprint density at radius 3 is 1.89 bits per heavy atom. The van der Waals surface area contributed by atoms with Crippen LogP contribution in [0.5, 0.6) is 0 Å². The van der Waals surface area contributed by atoms with Crippen LogP contribution in [-0.4, -0.2) is 0 Å². The first-order chi connectivity index (χ1) is 23.2. The lowest BCUT2D eigenvalue weighted by atomic mass is 9.74. The van der Waals surface area contributed by atoms with Crippen molar-refractivity contribution in [3.8, 4) is 11.1 Å². The number of fused-ring (bicyclic) bond motifs is 9. The van der Waals surface area contributed by atoms with Crippen LogP contribution in [0.15, 0.2) is 162 Å². The standard InChI is InChI=1S/C44H29NOS/c1-44(37-18-8-5-14-31(37)32-15-6-9-19-38(32)44)39-20-11-17-35-36-26-29(23-25-40(36)46-43(35)39)45(28-12-3-2-4-13-28)30-22-24-34-33-16-7-10-21-41(33)47-42(34)27-30/h2-27H,1H3. The van der Waals surface area contributed by atoms with Gasteiger partial charge in [0.05, 0.1) is 0 Å². The Kier molecular flexibility index (Phi) is 5.61. The number of anilines is 3. The monoisotopic (exact) mass is 619 g/mol. The van der Waals surface area contributed by atoms with Crippen LogP contribution >= 0.6 is 11.3 Å². The number of rotatable bonds is 4. The molecule has 10 rings (SSSR count). The van der Waals surface area contributed by atoms with Gasteiger partial charge in [0.2, 0.25) is 0 Å². The topological polar surface area (TPSA) is 16.4 Å². The van der Waals surface area contributed by atoms with E-state index in [1.807, 2.05) is 11.3 Å². The normalized spacial score (nSPS) is 13.4. The van der Waals surface area contributed by atoms with Crippen LogP contribution in [0.2, 0.25) is 0 Å². The number of furan rings is 1. The Labute approximate surface area is 276 Å². The van der Waals surface area contributed by atoms with E-state index in [-0.39, 0.29) is 5.41 Å². The largest absolute Gasteiger partial charge is 0.456 e. The van der Waals surface area contributed by atoms with Gasteiger partial charge in [0, 0.05) is 59.0 Å². The molecule has 0 saturated carbocycles. The van der Waals surface area contributed by atoms with Crippen LogP contribution in [0.3, 0.4) is 0 Å². The minimum absolute atomic E-state index is 0.334. The van der Waals surface area contributed by atoms with E-state index >= 15 is 0 Å². The van der Waals surface area contributed by atoms with Gasteiger partial charge in [-0.25, -0.2) is 0 Å². The Balaban J connectivity index is 1.17. The Morgan fingerprint density at radius 1 is 0.468 bits per heavy atom. The second-order valence-electron chi connectivity index (χ2n) is 12.6. The molecule has 2 nitrogen and oxygen atoms in total. The molecule has 9 aromatic rings. The molecule has 3 heteroatoms. The second kappa shape index (κ2) is 9.93. The van der Waals surface area contributed by atoms with Gasteiger partial charge in [-0.3, -0.25) is 0 Å². The van der Waals surface area contributed by atoms with E-state index in [0.717, 1.165) is 39.0 Å². The van der Waals surface area contributed by atoms with Crippen molar-refractivity contribution in [2.75, 3.05) is 4.90 Å². The lowest BCUT2D eigenvalue weighted by Gasteiger charge is -2.28. The highest BCUT2D eigenvalue weighted by atomic mass is 32.1. The first-order valence-electron chi connectivity index (χ1n) is 16.1. The summed E-state index contributed by atoms with van der Waals surface area (Å²) in [6.07, 6.45) is 0. The molecule has 7 aromatic carbocycles. The summed E-state index contributed by atoms with van der Waals surface area (Å²) in [5, 5.41) is 4.87. The second-order valence-corrected chi connectivity index (χ2v) is 13.7. The van der Waals surface area contributed by atoms with E-state index in [0.29, 0.717) is 0 Å². The average Bonchev–Trinajstić information content (AvgIpc) is 3.77. The van der Waals surface area contributed by atoms with Crippen molar-refractivity contribution >= 4 is 70.5 Å². The highest BCUT2D eigenvalue weighted by Crippen LogP contribution is 2.54. The highest BCUT2D eigenvalue weighted by Gasteiger charge is 2.42. The third kappa shape index (κ3) is 3.78. The average molecular weight is 620 g/mol. The molecule has 2 heterocycles. The number of nitrogens with zero attached hydrogens (tertiary/aromatic N) is 1. The summed E-state index contributed by atoms with van der Waals surface area (Å²) in [5.74, 6) is 0.